The van der Waals surface area contributed by atoms with E-state index in [1.807, 2.05) is 0 Å². The molecule has 0 radical (unpaired) electrons. The summed E-state index contributed by atoms with van der Waals surface area (Å²) in [6, 6.07) is 0. The number of rotatable bonds is 4. The maximum absolute atomic E-state index is 2.36. The highest BCUT2D eigenvalue weighted by molar-refractivity contribution is 4.91. The third-order valence-electron chi connectivity index (χ3n) is 3.55. The third kappa shape index (κ3) is 1.77. The van der Waals surface area contributed by atoms with Crippen molar-refractivity contribution in [1.82, 2.24) is 0 Å². The van der Waals surface area contributed by atoms with Crippen molar-refractivity contribution >= 4 is 0 Å². The summed E-state index contributed by atoms with van der Waals surface area (Å²) in [4.78, 5) is 0. The fraction of sp³-hybridized carbons (Fsp3) is 1.00. The summed E-state index contributed by atoms with van der Waals surface area (Å²) in [5, 5.41) is 0. The summed E-state index contributed by atoms with van der Waals surface area (Å²) in [6.07, 6.45) is 8.72. The van der Waals surface area contributed by atoms with E-state index in [4.69, 9.17) is 0 Å². The van der Waals surface area contributed by atoms with Gasteiger partial charge in [-0.25, -0.2) is 0 Å². The van der Waals surface area contributed by atoms with Gasteiger partial charge in [0.15, 0.2) is 0 Å². The summed E-state index contributed by atoms with van der Waals surface area (Å²) in [6.45, 7) is 7.01. The van der Waals surface area contributed by atoms with Crippen molar-refractivity contribution in [2.24, 2.45) is 11.3 Å². The maximum atomic E-state index is 2.36. The van der Waals surface area contributed by atoms with Crippen LogP contribution in [0.2, 0.25) is 0 Å². The molecule has 1 aliphatic carbocycles. The second-order valence-corrected chi connectivity index (χ2v) is 4.29. The van der Waals surface area contributed by atoms with Crippen LogP contribution >= 0.6 is 0 Å². The zero-order valence-electron chi connectivity index (χ0n) is 8.32. The lowest BCUT2D eigenvalue weighted by atomic mass is 9.58. The van der Waals surface area contributed by atoms with Crippen LogP contribution in [0, 0.1) is 11.3 Å². The van der Waals surface area contributed by atoms with Gasteiger partial charge in [-0.2, -0.15) is 0 Å². The molecule has 0 saturated heterocycles. The van der Waals surface area contributed by atoms with Crippen molar-refractivity contribution in [2.75, 3.05) is 0 Å². The van der Waals surface area contributed by atoms with E-state index >= 15 is 0 Å². The molecule has 0 heterocycles. The highest BCUT2D eigenvalue weighted by atomic mass is 14.5. The third-order valence-corrected chi connectivity index (χ3v) is 3.55. The Labute approximate surface area is 71.4 Å². The Morgan fingerprint density at radius 1 is 1.18 bits per heavy atom. The monoisotopic (exact) mass is 154 g/mol. The zero-order valence-corrected chi connectivity index (χ0v) is 8.32. The Kier molecular flexibility index (Phi) is 2.98. The molecule has 0 nitrogen and oxygen atoms in total. The lowest BCUT2D eigenvalue weighted by Gasteiger charge is -2.47. The minimum absolute atomic E-state index is 0.787. The maximum Gasteiger partial charge on any atom is -0.0295 e. The molecule has 66 valence electrons. The first-order valence-electron chi connectivity index (χ1n) is 5.26. The molecule has 11 heavy (non-hydrogen) atoms. The van der Waals surface area contributed by atoms with Gasteiger partial charge in [-0.3, -0.25) is 0 Å². The SMILES string of the molecule is CCCC1(CC)CC(CC)C1. The van der Waals surface area contributed by atoms with Gasteiger partial charge >= 0.3 is 0 Å². The van der Waals surface area contributed by atoms with E-state index in [0.717, 1.165) is 11.3 Å². The molecule has 0 aromatic rings. The molecule has 0 aliphatic heterocycles. The molecule has 0 atom stereocenters. The minimum Gasteiger partial charge on any atom is -0.0654 e. The van der Waals surface area contributed by atoms with Gasteiger partial charge < -0.3 is 0 Å². The van der Waals surface area contributed by atoms with E-state index in [-0.39, 0.29) is 0 Å². The fourth-order valence-corrected chi connectivity index (χ4v) is 2.65. The van der Waals surface area contributed by atoms with Crippen LogP contribution in [0.5, 0.6) is 0 Å². The highest BCUT2D eigenvalue weighted by Gasteiger charge is 2.40. The standard InChI is InChI=1S/C11H22/c1-4-7-11(6-3)8-10(5-2)9-11/h10H,4-9H2,1-3H3. The molecule has 0 aromatic heterocycles. The molecule has 0 spiro atoms. The average molecular weight is 154 g/mol. The molecular formula is C11H22. The van der Waals surface area contributed by atoms with E-state index in [1.165, 1.54) is 38.5 Å². The normalized spacial score (nSPS) is 36.8. The van der Waals surface area contributed by atoms with Gasteiger partial charge in [0.05, 0.1) is 0 Å². The zero-order chi connectivity index (χ0) is 8.32. The van der Waals surface area contributed by atoms with Gasteiger partial charge in [-0.15, -0.1) is 0 Å². The Morgan fingerprint density at radius 2 is 1.82 bits per heavy atom. The van der Waals surface area contributed by atoms with Crippen LogP contribution in [-0.4, -0.2) is 0 Å². The van der Waals surface area contributed by atoms with E-state index in [9.17, 15) is 0 Å². The summed E-state index contributed by atoms with van der Waals surface area (Å²) < 4.78 is 0. The molecule has 0 aromatic carbocycles. The second kappa shape index (κ2) is 3.60. The lowest BCUT2D eigenvalue weighted by molar-refractivity contribution is 0.0375. The summed E-state index contributed by atoms with van der Waals surface area (Å²) >= 11 is 0. The van der Waals surface area contributed by atoms with Crippen LogP contribution in [0.15, 0.2) is 0 Å². The van der Waals surface area contributed by atoms with Crippen LogP contribution < -0.4 is 0 Å². The molecule has 1 fully saturated rings. The first kappa shape index (κ1) is 9.09. The van der Waals surface area contributed by atoms with Crippen molar-refractivity contribution in [1.29, 1.82) is 0 Å². The molecular weight excluding hydrogens is 132 g/mol. The predicted octanol–water partition coefficient (Wildman–Crippen LogP) is 4.00. The quantitative estimate of drug-likeness (QED) is 0.574. The molecule has 0 heteroatoms. The molecule has 0 unspecified atom stereocenters. The summed E-state index contributed by atoms with van der Waals surface area (Å²) in [7, 11) is 0. The largest absolute Gasteiger partial charge is 0.0654 e. The molecule has 1 saturated carbocycles. The van der Waals surface area contributed by atoms with Gasteiger partial charge in [0.1, 0.15) is 0 Å². The van der Waals surface area contributed by atoms with Crippen LogP contribution in [0.3, 0.4) is 0 Å². The van der Waals surface area contributed by atoms with Gasteiger partial charge in [0.2, 0.25) is 0 Å². The average Bonchev–Trinajstić information content (AvgIpc) is 1.96. The highest BCUT2D eigenvalue weighted by Crippen LogP contribution is 2.52. The van der Waals surface area contributed by atoms with Crippen molar-refractivity contribution in [2.45, 2.75) is 59.3 Å². The fourth-order valence-electron chi connectivity index (χ4n) is 2.65. The van der Waals surface area contributed by atoms with Crippen molar-refractivity contribution in [3.8, 4) is 0 Å². The van der Waals surface area contributed by atoms with Crippen molar-refractivity contribution < 1.29 is 0 Å². The van der Waals surface area contributed by atoms with Gasteiger partial charge in [-0.05, 0) is 30.6 Å². The Morgan fingerprint density at radius 3 is 2.18 bits per heavy atom. The van der Waals surface area contributed by atoms with Crippen LogP contribution in [0.25, 0.3) is 0 Å². The number of hydrogen-bond donors (Lipinski definition) is 0. The molecule has 1 aliphatic rings. The molecule has 0 N–H and O–H groups in total. The lowest BCUT2D eigenvalue weighted by Crippen LogP contribution is -2.36. The molecule has 0 bridgehead atoms. The van der Waals surface area contributed by atoms with Crippen LogP contribution in [-0.2, 0) is 0 Å². The van der Waals surface area contributed by atoms with Gasteiger partial charge in [0, 0.05) is 0 Å². The molecule has 0 amide bonds. The summed E-state index contributed by atoms with van der Waals surface area (Å²) in [5.74, 6) is 1.07. The van der Waals surface area contributed by atoms with Crippen LogP contribution in [0.1, 0.15) is 59.3 Å². The Bertz CT molecular complexity index is 109. The Balaban J connectivity index is 2.30. The first-order chi connectivity index (χ1) is 5.26. The van der Waals surface area contributed by atoms with E-state index in [2.05, 4.69) is 20.8 Å². The van der Waals surface area contributed by atoms with Gasteiger partial charge in [0.25, 0.3) is 0 Å². The Hall–Kier alpha value is 0. The van der Waals surface area contributed by atoms with Gasteiger partial charge in [-0.1, -0.05) is 40.0 Å². The predicted molar refractivity (Wildman–Crippen MR) is 50.6 cm³/mol. The van der Waals surface area contributed by atoms with E-state index in [0.29, 0.717) is 0 Å². The van der Waals surface area contributed by atoms with E-state index in [1.54, 1.807) is 0 Å². The van der Waals surface area contributed by atoms with E-state index < -0.39 is 0 Å². The number of hydrogen-bond acceptors (Lipinski definition) is 0. The molecule has 1 rings (SSSR count). The van der Waals surface area contributed by atoms with Crippen molar-refractivity contribution in [3.63, 3.8) is 0 Å². The smallest absolute Gasteiger partial charge is 0.0295 e. The second-order valence-electron chi connectivity index (χ2n) is 4.29. The topological polar surface area (TPSA) is 0 Å². The first-order valence-corrected chi connectivity index (χ1v) is 5.26. The summed E-state index contributed by atoms with van der Waals surface area (Å²) in [5.41, 5.74) is 0.787. The van der Waals surface area contributed by atoms with Crippen LogP contribution in [0.4, 0.5) is 0 Å². The van der Waals surface area contributed by atoms with Crippen molar-refractivity contribution in [3.05, 3.63) is 0 Å². The minimum atomic E-state index is 0.787.